The first-order valence-electron chi connectivity index (χ1n) is 5.78. The van der Waals surface area contributed by atoms with Gasteiger partial charge in [0, 0.05) is 6.20 Å². The molecule has 2 N–H and O–H groups in total. The highest BCUT2D eigenvalue weighted by Crippen LogP contribution is 2.10. The first kappa shape index (κ1) is 14.0. The Labute approximate surface area is 116 Å². The van der Waals surface area contributed by atoms with Crippen LogP contribution in [0.2, 0.25) is 0 Å². The van der Waals surface area contributed by atoms with Crippen molar-refractivity contribution in [1.82, 2.24) is 9.71 Å². The van der Waals surface area contributed by atoms with Crippen LogP contribution >= 0.6 is 0 Å². The summed E-state index contributed by atoms with van der Waals surface area (Å²) < 4.78 is 25.8. The third-order valence-electron chi connectivity index (χ3n) is 2.48. The molecule has 7 heteroatoms. The van der Waals surface area contributed by atoms with Crippen LogP contribution in [0.3, 0.4) is 0 Å². The molecule has 1 heterocycles. The molecule has 0 aliphatic heterocycles. The number of rotatable bonds is 3. The Hall–Kier alpha value is -2.41. The monoisotopic (exact) mass is 291 g/mol. The molecular formula is C13H13N3O3S. The highest BCUT2D eigenvalue weighted by Gasteiger charge is 2.17. The topological polar surface area (TPSA) is 88.2 Å². The third kappa shape index (κ3) is 3.55. The Kier molecular flexibility index (Phi) is 3.99. The van der Waals surface area contributed by atoms with E-state index < -0.39 is 16.1 Å². The summed E-state index contributed by atoms with van der Waals surface area (Å²) in [7, 11) is -3.88. The van der Waals surface area contributed by atoms with Gasteiger partial charge in [-0.25, -0.2) is 17.9 Å². The SMILES string of the molecule is Cc1ccc(S(=O)(=O)NC(=O)Nc2cccnc2)cc1. The predicted octanol–water partition coefficient (Wildman–Crippen LogP) is 1.90. The van der Waals surface area contributed by atoms with Crippen molar-refractivity contribution in [2.24, 2.45) is 0 Å². The normalized spacial score (nSPS) is 10.8. The van der Waals surface area contributed by atoms with Gasteiger partial charge < -0.3 is 5.32 Å². The third-order valence-corrected chi connectivity index (χ3v) is 3.82. The number of nitrogens with one attached hydrogen (secondary N) is 2. The molecule has 2 rings (SSSR count). The minimum absolute atomic E-state index is 0.0319. The second-order valence-electron chi connectivity index (χ2n) is 4.11. The number of anilines is 1. The van der Waals surface area contributed by atoms with E-state index in [0.717, 1.165) is 5.56 Å². The molecule has 0 aliphatic rings. The number of sulfonamides is 1. The van der Waals surface area contributed by atoms with Crippen LogP contribution in [0, 0.1) is 6.92 Å². The summed E-state index contributed by atoms with van der Waals surface area (Å²) in [6.45, 7) is 1.85. The number of hydrogen-bond acceptors (Lipinski definition) is 4. The van der Waals surface area contributed by atoms with Gasteiger partial charge in [0.2, 0.25) is 0 Å². The molecule has 1 aromatic carbocycles. The molecule has 0 aliphatic carbocycles. The Morgan fingerprint density at radius 1 is 1.15 bits per heavy atom. The van der Waals surface area contributed by atoms with E-state index >= 15 is 0 Å². The number of carbonyl (C=O) groups is 1. The van der Waals surface area contributed by atoms with Crippen molar-refractivity contribution in [2.75, 3.05) is 5.32 Å². The van der Waals surface area contributed by atoms with Gasteiger partial charge in [0.05, 0.1) is 16.8 Å². The summed E-state index contributed by atoms with van der Waals surface area (Å²) in [4.78, 5) is 15.5. The van der Waals surface area contributed by atoms with Gasteiger partial charge in [-0.15, -0.1) is 0 Å². The van der Waals surface area contributed by atoms with Crippen LogP contribution in [-0.4, -0.2) is 19.4 Å². The summed E-state index contributed by atoms with van der Waals surface area (Å²) in [6.07, 6.45) is 2.96. The number of urea groups is 1. The van der Waals surface area contributed by atoms with Gasteiger partial charge in [-0.3, -0.25) is 4.98 Å². The minimum atomic E-state index is -3.88. The fourth-order valence-electron chi connectivity index (χ4n) is 1.49. The van der Waals surface area contributed by atoms with Crippen LogP contribution in [0.15, 0.2) is 53.7 Å². The first-order valence-corrected chi connectivity index (χ1v) is 7.26. The molecule has 0 bridgehead atoms. The van der Waals surface area contributed by atoms with Gasteiger partial charge in [-0.2, -0.15) is 0 Å². The number of carbonyl (C=O) groups excluding carboxylic acids is 1. The maximum atomic E-state index is 12.0. The standard InChI is InChI=1S/C13H13N3O3S/c1-10-4-6-12(7-5-10)20(18,19)16-13(17)15-11-3-2-8-14-9-11/h2-9H,1H3,(H2,15,16,17). The zero-order valence-electron chi connectivity index (χ0n) is 10.7. The lowest BCUT2D eigenvalue weighted by Gasteiger charge is -2.08. The number of aromatic nitrogens is 1. The molecule has 0 fully saturated rings. The lowest BCUT2D eigenvalue weighted by Crippen LogP contribution is -2.34. The van der Waals surface area contributed by atoms with Crippen LogP contribution in [0.4, 0.5) is 10.5 Å². The second kappa shape index (κ2) is 5.70. The number of benzene rings is 1. The Balaban J connectivity index is 2.08. The zero-order chi connectivity index (χ0) is 14.6. The van der Waals surface area contributed by atoms with Gasteiger partial charge >= 0.3 is 6.03 Å². The van der Waals surface area contributed by atoms with E-state index in [-0.39, 0.29) is 4.90 Å². The first-order chi connectivity index (χ1) is 9.47. The van der Waals surface area contributed by atoms with Crippen LogP contribution in [0.1, 0.15) is 5.56 Å². The lowest BCUT2D eigenvalue weighted by atomic mass is 10.2. The molecule has 20 heavy (non-hydrogen) atoms. The summed E-state index contributed by atoms with van der Waals surface area (Å²) in [5.74, 6) is 0. The number of amides is 2. The number of aryl methyl sites for hydroxylation is 1. The van der Waals surface area contributed by atoms with E-state index in [1.54, 1.807) is 30.5 Å². The molecule has 0 saturated heterocycles. The van der Waals surface area contributed by atoms with Gasteiger partial charge in [0.15, 0.2) is 0 Å². The fraction of sp³-hybridized carbons (Fsp3) is 0.0769. The summed E-state index contributed by atoms with van der Waals surface area (Å²) in [5, 5.41) is 2.39. The highest BCUT2D eigenvalue weighted by atomic mass is 32.2. The van der Waals surface area contributed by atoms with Gasteiger partial charge in [-0.05, 0) is 31.2 Å². The van der Waals surface area contributed by atoms with Gasteiger partial charge in [0.1, 0.15) is 0 Å². The summed E-state index contributed by atoms with van der Waals surface area (Å²) in [6, 6.07) is 8.60. The summed E-state index contributed by atoms with van der Waals surface area (Å²) in [5.41, 5.74) is 1.34. The molecule has 0 atom stereocenters. The minimum Gasteiger partial charge on any atom is -0.306 e. The summed E-state index contributed by atoms with van der Waals surface area (Å²) >= 11 is 0. The molecule has 2 aromatic rings. The van der Waals surface area contributed by atoms with Crippen molar-refractivity contribution in [3.8, 4) is 0 Å². The lowest BCUT2D eigenvalue weighted by molar-refractivity contribution is 0.256. The molecule has 0 saturated carbocycles. The second-order valence-corrected chi connectivity index (χ2v) is 5.80. The molecule has 0 spiro atoms. The smallest absolute Gasteiger partial charge is 0.306 e. The Bertz CT molecular complexity index is 697. The van der Waals surface area contributed by atoms with Crippen molar-refractivity contribution in [3.05, 3.63) is 54.4 Å². The molecular weight excluding hydrogens is 278 g/mol. The van der Waals surface area contributed by atoms with Crippen molar-refractivity contribution < 1.29 is 13.2 Å². The molecule has 0 unspecified atom stereocenters. The van der Waals surface area contributed by atoms with Crippen molar-refractivity contribution in [2.45, 2.75) is 11.8 Å². The predicted molar refractivity (Wildman–Crippen MR) is 74.8 cm³/mol. The number of pyridine rings is 1. The average molecular weight is 291 g/mol. The van der Waals surface area contributed by atoms with Gasteiger partial charge in [0.25, 0.3) is 10.0 Å². The molecule has 104 valence electrons. The van der Waals surface area contributed by atoms with Crippen molar-refractivity contribution in [3.63, 3.8) is 0 Å². The van der Waals surface area contributed by atoms with Gasteiger partial charge in [-0.1, -0.05) is 17.7 Å². The fourth-order valence-corrected chi connectivity index (χ4v) is 2.40. The van der Waals surface area contributed by atoms with E-state index in [1.807, 2.05) is 11.6 Å². The molecule has 0 radical (unpaired) electrons. The van der Waals surface area contributed by atoms with E-state index in [1.165, 1.54) is 18.3 Å². The molecule has 6 nitrogen and oxygen atoms in total. The van der Waals surface area contributed by atoms with Crippen LogP contribution in [0.25, 0.3) is 0 Å². The van der Waals surface area contributed by atoms with E-state index in [4.69, 9.17) is 0 Å². The van der Waals surface area contributed by atoms with Crippen molar-refractivity contribution >= 4 is 21.7 Å². The largest absolute Gasteiger partial charge is 0.333 e. The molecule has 2 amide bonds. The van der Waals surface area contributed by atoms with E-state index in [2.05, 4.69) is 10.3 Å². The quantitative estimate of drug-likeness (QED) is 0.904. The van der Waals surface area contributed by atoms with Crippen molar-refractivity contribution in [1.29, 1.82) is 0 Å². The van der Waals surface area contributed by atoms with E-state index in [9.17, 15) is 13.2 Å². The van der Waals surface area contributed by atoms with E-state index in [0.29, 0.717) is 5.69 Å². The zero-order valence-corrected chi connectivity index (χ0v) is 11.5. The van der Waals surface area contributed by atoms with Crippen LogP contribution in [0.5, 0.6) is 0 Å². The Morgan fingerprint density at radius 2 is 1.85 bits per heavy atom. The number of hydrogen-bond donors (Lipinski definition) is 2. The van der Waals surface area contributed by atoms with Crippen LogP contribution in [-0.2, 0) is 10.0 Å². The molecule has 1 aromatic heterocycles. The average Bonchev–Trinajstić information content (AvgIpc) is 2.39. The highest BCUT2D eigenvalue weighted by molar-refractivity contribution is 7.90. The maximum Gasteiger partial charge on any atom is 0.333 e. The Morgan fingerprint density at radius 3 is 2.45 bits per heavy atom. The van der Waals surface area contributed by atoms with Crippen LogP contribution < -0.4 is 10.0 Å². The maximum absolute atomic E-state index is 12.0. The number of nitrogens with zero attached hydrogens (tertiary/aromatic N) is 1.